The van der Waals surface area contributed by atoms with Crippen LogP contribution < -0.4 is 10.3 Å². The van der Waals surface area contributed by atoms with E-state index in [0.717, 1.165) is 22.6 Å². The van der Waals surface area contributed by atoms with Gasteiger partial charge in [-0.3, -0.25) is 4.79 Å². The number of pyridine rings is 1. The molecule has 1 aromatic heterocycles. The molecule has 5 nitrogen and oxygen atoms in total. The van der Waals surface area contributed by atoms with Crippen LogP contribution in [0.1, 0.15) is 34.1 Å². The molecule has 0 fully saturated rings. The largest absolute Gasteiger partial charge is 0.494 e. The summed E-state index contributed by atoms with van der Waals surface area (Å²) in [5.41, 5.74) is 3.04. The smallest absolute Gasteiger partial charge is 0.337 e. The molecule has 0 aliphatic carbocycles. The summed E-state index contributed by atoms with van der Waals surface area (Å²) in [4.78, 5) is 24.4. The van der Waals surface area contributed by atoms with E-state index in [1.54, 1.807) is 16.7 Å². The number of carbonyl (C=O) groups excluding carboxylic acids is 1. The van der Waals surface area contributed by atoms with Crippen molar-refractivity contribution in [1.29, 1.82) is 0 Å². The molecule has 1 heterocycles. The third kappa shape index (κ3) is 5.93. The van der Waals surface area contributed by atoms with Crippen molar-refractivity contribution >= 4 is 29.2 Å². The Labute approximate surface area is 197 Å². The molecule has 0 atom stereocenters. The third-order valence-electron chi connectivity index (χ3n) is 5.16. The summed E-state index contributed by atoms with van der Waals surface area (Å²) < 4.78 is 11.9. The molecule has 0 radical (unpaired) electrons. The number of ether oxygens (including phenoxy) is 2. The van der Waals surface area contributed by atoms with Crippen LogP contribution >= 0.6 is 23.2 Å². The molecule has 2 aromatic carbocycles. The van der Waals surface area contributed by atoms with Crippen molar-refractivity contribution in [3.05, 3.63) is 97.4 Å². The molecule has 0 aliphatic heterocycles. The topological polar surface area (TPSA) is 57.5 Å². The van der Waals surface area contributed by atoms with Crippen molar-refractivity contribution in [2.24, 2.45) is 0 Å². The summed E-state index contributed by atoms with van der Waals surface area (Å²) in [5.74, 6) is 0.435. The molecule has 168 valence electrons. The monoisotopic (exact) mass is 473 g/mol. The SMILES string of the molecule is CCOc1cccc(CCc2c(Cl)cc(Cl)c(=O)n2CCc2ccc(C(=O)OC)cc2)c1. The Kier molecular flexibility index (Phi) is 8.37. The van der Waals surface area contributed by atoms with Crippen molar-refractivity contribution in [3.8, 4) is 5.75 Å². The summed E-state index contributed by atoms with van der Waals surface area (Å²) in [6.07, 6.45) is 1.88. The first-order valence-corrected chi connectivity index (χ1v) is 11.1. The molecule has 0 amide bonds. The lowest BCUT2D eigenvalue weighted by molar-refractivity contribution is 0.0600. The maximum absolute atomic E-state index is 12.8. The van der Waals surface area contributed by atoms with E-state index in [9.17, 15) is 9.59 Å². The Balaban J connectivity index is 1.79. The summed E-state index contributed by atoms with van der Waals surface area (Å²) in [6, 6.07) is 16.5. The van der Waals surface area contributed by atoms with Gasteiger partial charge in [0.05, 0.1) is 24.3 Å². The van der Waals surface area contributed by atoms with Crippen LogP contribution in [0.25, 0.3) is 0 Å². The number of halogens is 2. The fourth-order valence-corrected chi connectivity index (χ4v) is 4.09. The fourth-order valence-electron chi connectivity index (χ4n) is 3.51. The van der Waals surface area contributed by atoms with Gasteiger partial charge in [0.15, 0.2) is 0 Å². The molecule has 0 saturated carbocycles. The van der Waals surface area contributed by atoms with E-state index >= 15 is 0 Å². The number of esters is 1. The van der Waals surface area contributed by atoms with E-state index in [-0.39, 0.29) is 16.6 Å². The zero-order valence-corrected chi connectivity index (χ0v) is 19.6. The summed E-state index contributed by atoms with van der Waals surface area (Å²) in [6.45, 7) is 2.97. The fraction of sp³-hybridized carbons (Fsp3) is 0.280. The van der Waals surface area contributed by atoms with Gasteiger partial charge in [0.25, 0.3) is 5.56 Å². The van der Waals surface area contributed by atoms with Gasteiger partial charge in [-0.2, -0.15) is 0 Å². The Morgan fingerprint density at radius 2 is 1.69 bits per heavy atom. The van der Waals surface area contributed by atoms with E-state index in [2.05, 4.69) is 0 Å². The highest BCUT2D eigenvalue weighted by Crippen LogP contribution is 2.22. The molecular weight excluding hydrogens is 449 g/mol. The number of hydrogen-bond donors (Lipinski definition) is 0. The Morgan fingerprint density at radius 3 is 2.38 bits per heavy atom. The minimum absolute atomic E-state index is 0.0955. The molecule has 0 saturated heterocycles. The normalized spacial score (nSPS) is 10.8. The van der Waals surface area contributed by atoms with E-state index in [4.69, 9.17) is 32.7 Å². The first-order valence-electron chi connectivity index (χ1n) is 10.4. The van der Waals surface area contributed by atoms with Gasteiger partial charge in [-0.15, -0.1) is 0 Å². The van der Waals surface area contributed by atoms with Gasteiger partial charge < -0.3 is 14.0 Å². The minimum Gasteiger partial charge on any atom is -0.494 e. The predicted molar refractivity (Wildman–Crippen MR) is 127 cm³/mol. The van der Waals surface area contributed by atoms with Gasteiger partial charge >= 0.3 is 5.97 Å². The van der Waals surface area contributed by atoms with Crippen LogP contribution in [0.15, 0.2) is 59.4 Å². The molecule has 0 aliphatic rings. The summed E-state index contributed by atoms with van der Waals surface area (Å²) in [7, 11) is 1.35. The molecule has 32 heavy (non-hydrogen) atoms. The Hall–Kier alpha value is -2.76. The minimum atomic E-state index is -0.384. The van der Waals surface area contributed by atoms with Crippen LogP contribution in [-0.4, -0.2) is 24.3 Å². The highest BCUT2D eigenvalue weighted by molar-refractivity contribution is 6.34. The lowest BCUT2D eigenvalue weighted by Crippen LogP contribution is -2.25. The lowest BCUT2D eigenvalue weighted by Gasteiger charge is -2.16. The number of rotatable bonds is 9. The van der Waals surface area contributed by atoms with E-state index < -0.39 is 0 Å². The van der Waals surface area contributed by atoms with E-state index in [0.29, 0.717) is 43.0 Å². The van der Waals surface area contributed by atoms with E-state index in [1.807, 2.05) is 43.3 Å². The number of carbonyl (C=O) groups is 1. The van der Waals surface area contributed by atoms with Crippen LogP contribution in [0.2, 0.25) is 10.0 Å². The quantitative estimate of drug-likeness (QED) is 0.392. The molecule has 0 N–H and O–H groups in total. The molecular formula is C25H25Cl2NO4. The Morgan fingerprint density at radius 1 is 0.938 bits per heavy atom. The number of benzene rings is 2. The van der Waals surface area contributed by atoms with Crippen molar-refractivity contribution in [3.63, 3.8) is 0 Å². The van der Waals surface area contributed by atoms with Crippen molar-refractivity contribution < 1.29 is 14.3 Å². The van der Waals surface area contributed by atoms with Crippen LogP contribution in [0.4, 0.5) is 0 Å². The number of aryl methyl sites for hydroxylation is 2. The first kappa shape index (κ1) is 23.9. The van der Waals surface area contributed by atoms with Gasteiger partial charge in [-0.1, -0.05) is 47.5 Å². The molecule has 7 heteroatoms. The second-order valence-corrected chi connectivity index (χ2v) is 8.08. The average molecular weight is 474 g/mol. The van der Waals surface area contributed by atoms with Crippen molar-refractivity contribution in [2.45, 2.75) is 32.7 Å². The molecule has 0 unspecified atom stereocenters. The average Bonchev–Trinajstić information content (AvgIpc) is 2.80. The zero-order valence-electron chi connectivity index (χ0n) is 18.1. The van der Waals surface area contributed by atoms with Crippen molar-refractivity contribution in [2.75, 3.05) is 13.7 Å². The molecule has 3 aromatic rings. The first-order chi connectivity index (χ1) is 15.4. The zero-order chi connectivity index (χ0) is 23.1. The standard InChI is InChI=1S/C25H25Cl2NO4/c1-3-32-20-6-4-5-18(15-20)9-12-23-21(26)16-22(27)24(29)28(23)14-13-17-7-10-19(11-8-17)25(30)31-2/h4-8,10-11,15-16H,3,9,12-14H2,1-2H3. The highest BCUT2D eigenvalue weighted by atomic mass is 35.5. The lowest BCUT2D eigenvalue weighted by atomic mass is 10.1. The van der Waals surface area contributed by atoms with Gasteiger partial charge in [-0.25, -0.2) is 4.79 Å². The van der Waals surface area contributed by atoms with Gasteiger partial charge in [-0.05, 0) is 67.6 Å². The van der Waals surface area contributed by atoms with E-state index in [1.165, 1.54) is 13.2 Å². The van der Waals surface area contributed by atoms with Crippen LogP contribution in [0, 0.1) is 0 Å². The van der Waals surface area contributed by atoms with Gasteiger partial charge in [0.1, 0.15) is 10.8 Å². The second-order valence-electron chi connectivity index (χ2n) is 7.26. The Bertz CT molecular complexity index is 1140. The summed E-state index contributed by atoms with van der Waals surface area (Å²) in [5, 5.41) is 0.565. The maximum Gasteiger partial charge on any atom is 0.337 e. The molecule has 0 bridgehead atoms. The molecule has 3 rings (SSSR count). The number of aromatic nitrogens is 1. The van der Waals surface area contributed by atoms with Crippen LogP contribution in [0.5, 0.6) is 5.75 Å². The van der Waals surface area contributed by atoms with Crippen LogP contribution in [0.3, 0.4) is 0 Å². The molecule has 0 spiro atoms. The highest BCUT2D eigenvalue weighted by Gasteiger charge is 2.14. The number of hydrogen-bond acceptors (Lipinski definition) is 4. The number of nitrogens with zero attached hydrogens (tertiary/aromatic N) is 1. The van der Waals surface area contributed by atoms with Gasteiger partial charge in [0.2, 0.25) is 0 Å². The summed E-state index contributed by atoms with van der Waals surface area (Å²) >= 11 is 12.6. The predicted octanol–water partition coefficient (Wildman–Crippen LogP) is 5.37. The van der Waals surface area contributed by atoms with Crippen molar-refractivity contribution in [1.82, 2.24) is 4.57 Å². The van der Waals surface area contributed by atoms with Crippen LogP contribution in [-0.2, 0) is 30.5 Å². The van der Waals surface area contributed by atoms with Gasteiger partial charge in [0, 0.05) is 12.2 Å². The third-order valence-corrected chi connectivity index (χ3v) is 5.76. The maximum atomic E-state index is 12.8. The number of methoxy groups -OCH3 is 1. The second kappa shape index (κ2) is 11.2.